The van der Waals surface area contributed by atoms with Crippen molar-refractivity contribution < 1.29 is 9.53 Å². The second-order valence-corrected chi connectivity index (χ2v) is 8.06. The Morgan fingerprint density at radius 1 is 1.21 bits per heavy atom. The van der Waals surface area contributed by atoms with Crippen LogP contribution in [0.2, 0.25) is 0 Å². The number of fused-ring (bicyclic) bond motifs is 1. The molecule has 1 saturated heterocycles. The van der Waals surface area contributed by atoms with E-state index in [0.717, 1.165) is 28.5 Å². The van der Waals surface area contributed by atoms with E-state index < -0.39 is 0 Å². The first-order chi connectivity index (χ1) is 14.2. The molecule has 0 unspecified atom stereocenters. The number of hydrogen-bond donors (Lipinski definition) is 0. The van der Waals surface area contributed by atoms with Crippen LogP contribution in [0.1, 0.15) is 30.4 Å². The minimum Gasteiger partial charge on any atom is -0.495 e. The first kappa shape index (κ1) is 19.4. The number of amides is 1. The Kier molecular flexibility index (Phi) is 5.50. The van der Waals surface area contributed by atoms with E-state index in [2.05, 4.69) is 42.2 Å². The highest BCUT2D eigenvalue weighted by Gasteiger charge is 2.38. The predicted octanol–water partition coefficient (Wildman–Crippen LogP) is 4.48. The number of para-hydroxylation sites is 2. The van der Waals surface area contributed by atoms with Gasteiger partial charge in [-0.2, -0.15) is 5.26 Å². The maximum Gasteiger partial charge on any atom is 0.229 e. The summed E-state index contributed by atoms with van der Waals surface area (Å²) >= 11 is 1.54. The van der Waals surface area contributed by atoms with Gasteiger partial charge >= 0.3 is 0 Å². The number of hydrogen-bond acceptors (Lipinski definition) is 5. The van der Waals surface area contributed by atoms with Crippen molar-refractivity contribution in [1.29, 1.82) is 5.26 Å². The fourth-order valence-corrected chi connectivity index (χ4v) is 5.03. The van der Waals surface area contributed by atoms with Crippen LogP contribution in [0, 0.1) is 11.3 Å². The number of methoxy groups -OCH3 is 1. The molecule has 0 radical (unpaired) electrons. The van der Waals surface area contributed by atoms with Crippen LogP contribution < -0.4 is 9.64 Å². The van der Waals surface area contributed by atoms with Crippen molar-refractivity contribution in [3.8, 4) is 11.8 Å². The zero-order valence-corrected chi connectivity index (χ0v) is 17.4. The normalized spacial score (nSPS) is 19.1. The summed E-state index contributed by atoms with van der Waals surface area (Å²) in [5.74, 6) is 1.32. The molecule has 29 heavy (non-hydrogen) atoms. The van der Waals surface area contributed by atoms with E-state index in [1.54, 1.807) is 23.8 Å². The number of benzene rings is 2. The van der Waals surface area contributed by atoms with Crippen LogP contribution in [0.4, 0.5) is 5.69 Å². The van der Waals surface area contributed by atoms with Gasteiger partial charge in [-0.05, 0) is 29.7 Å². The molecule has 2 aliphatic heterocycles. The fraction of sp³-hybridized carbons (Fsp3) is 0.304. The molecule has 148 valence electrons. The van der Waals surface area contributed by atoms with Gasteiger partial charge in [0.15, 0.2) is 0 Å². The molecule has 6 heteroatoms. The second-order valence-electron chi connectivity index (χ2n) is 7.13. The van der Waals surface area contributed by atoms with Crippen molar-refractivity contribution in [3.63, 3.8) is 0 Å². The van der Waals surface area contributed by atoms with E-state index in [0.29, 0.717) is 24.5 Å². The van der Waals surface area contributed by atoms with Crippen LogP contribution in [0.25, 0.3) is 0 Å². The standard InChI is InChI=1S/C23H23N3O2S/c1-3-16-8-10-17(11-9-16)18-12-22(27)26-14-25(15-29-23(26)19(18)13-24)20-6-4-5-7-21(20)28-2/h4-11,18H,3,12,14-15H2,1-2H3/t18-/m1/s1. The minimum atomic E-state index is -0.171. The lowest BCUT2D eigenvalue weighted by atomic mass is 9.86. The number of anilines is 1. The maximum atomic E-state index is 13.0. The van der Waals surface area contributed by atoms with Gasteiger partial charge in [-0.25, -0.2) is 0 Å². The number of carbonyl (C=O) groups is 1. The Morgan fingerprint density at radius 3 is 2.66 bits per heavy atom. The average Bonchev–Trinajstić information content (AvgIpc) is 2.79. The number of rotatable bonds is 4. The molecule has 0 saturated carbocycles. The summed E-state index contributed by atoms with van der Waals surface area (Å²) in [6.45, 7) is 2.54. The quantitative estimate of drug-likeness (QED) is 0.751. The van der Waals surface area contributed by atoms with Crippen LogP contribution in [-0.4, -0.2) is 30.5 Å². The van der Waals surface area contributed by atoms with E-state index in [1.165, 1.54) is 5.56 Å². The molecule has 2 heterocycles. The van der Waals surface area contributed by atoms with E-state index in [1.807, 2.05) is 24.3 Å². The highest BCUT2D eigenvalue weighted by Crippen LogP contribution is 2.44. The Labute approximate surface area is 175 Å². The van der Waals surface area contributed by atoms with Crippen LogP contribution >= 0.6 is 11.8 Å². The van der Waals surface area contributed by atoms with Crippen molar-refractivity contribution in [3.05, 3.63) is 70.3 Å². The SMILES string of the molecule is CCc1ccc([C@H]2CC(=O)N3CN(c4ccccc4OC)CSC3=C2C#N)cc1. The van der Waals surface area contributed by atoms with Gasteiger partial charge in [0.05, 0.1) is 42.0 Å². The third-order valence-corrected chi connectivity index (χ3v) is 6.66. The molecule has 0 N–H and O–H groups in total. The summed E-state index contributed by atoms with van der Waals surface area (Å²) in [5, 5.41) is 10.7. The van der Waals surface area contributed by atoms with Crippen molar-refractivity contribution in [2.75, 3.05) is 24.6 Å². The molecule has 4 rings (SSSR count). The zero-order valence-electron chi connectivity index (χ0n) is 16.6. The summed E-state index contributed by atoms with van der Waals surface area (Å²) in [7, 11) is 1.65. The predicted molar refractivity (Wildman–Crippen MR) is 115 cm³/mol. The van der Waals surface area contributed by atoms with E-state index in [4.69, 9.17) is 4.74 Å². The van der Waals surface area contributed by atoms with E-state index >= 15 is 0 Å². The van der Waals surface area contributed by atoms with Crippen molar-refractivity contribution in [2.45, 2.75) is 25.7 Å². The molecule has 1 atom stereocenters. The average molecular weight is 406 g/mol. The lowest BCUT2D eigenvalue weighted by molar-refractivity contribution is -0.129. The topological polar surface area (TPSA) is 56.6 Å². The monoisotopic (exact) mass is 405 g/mol. The molecule has 1 fully saturated rings. The van der Waals surface area contributed by atoms with Crippen LogP contribution in [-0.2, 0) is 11.2 Å². The summed E-state index contributed by atoms with van der Waals surface area (Å²) in [6, 6.07) is 18.5. The van der Waals surface area contributed by atoms with Crippen molar-refractivity contribution >= 4 is 23.4 Å². The van der Waals surface area contributed by atoms with Gasteiger partial charge in [-0.15, -0.1) is 0 Å². The molecule has 2 aliphatic rings. The van der Waals surface area contributed by atoms with Gasteiger partial charge in [0, 0.05) is 12.3 Å². The fourth-order valence-electron chi connectivity index (χ4n) is 3.88. The molecule has 0 aliphatic carbocycles. The molecule has 0 aromatic heterocycles. The molecule has 0 spiro atoms. The first-order valence-corrected chi connectivity index (χ1v) is 10.7. The van der Waals surface area contributed by atoms with Gasteiger partial charge in [-0.1, -0.05) is 55.1 Å². The third-order valence-electron chi connectivity index (χ3n) is 5.51. The first-order valence-electron chi connectivity index (χ1n) is 9.70. The van der Waals surface area contributed by atoms with Crippen LogP contribution in [0.5, 0.6) is 5.75 Å². The summed E-state index contributed by atoms with van der Waals surface area (Å²) in [5.41, 5.74) is 3.93. The molecular formula is C23H23N3O2S. The van der Waals surface area contributed by atoms with Gasteiger partial charge < -0.3 is 9.64 Å². The number of ether oxygens (including phenoxy) is 1. The van der Waals surface area contributed by atoms with E-state index in [9.17, 15) is 10.1 Å². The van der Waals surface area contributed by atoms with Gasteiger partial charge in [0.1, 0.15) is 5.75 Å². The molecule has 1 amide bonds. The number of thioether (sulfide) groups is 1. The summed E-state index contributed by atoms with van der Waals surface area (Å²) in [6.07, 6.45) is 1.29. The number of nitrogens with zero attached hydrogens (tertiary/aromatic N) is 3. The second kappa shape index (κ2) is 8.22. The smallest absolute Gasteiger partial charge is 0.229 e. The van der Waals surface area contributed by atoms with Gasteiger partial charge in [0.2, 0.25) is 5.91 Å². The third kappa shape index (κ3) is 3.58. The molecular weight excluding hydrogens is 382 g/mol. The number of allylic oxidation sites excluding steroid dienone is 1. The molecule has 0 bridgehead atoms. The van der Waals surface area contributed by atoms with Crippen LogP contribution in [0.3, 0.4) is 0 Å². The molecule has 2 aromatic carbocycles. The van der Waals surface area contributed by atoms with Gasteiger partial charge in [0.25, 0.3) is 0 Å². The van der Waals surface area contributed by atoms with Crippen molar-refractivity contribution in [2.24, 2.45) is 0 Å². The molecule has 2 aromatic rings. The van der Waals surface area contributed by atoms with E-state index in [-0.39, 0.29) is 11.8 Å². The Balaban J connectivity index is 1.65. The Hall–Kier alpha value is -2.91. The van der Waals surface area contributed by atoms with Gasteiger partial charge in [-0.3, -0.25) is 9.69 Å². The summed E-state index contributed by atoms with van der Waals surface area (Å²) in [4.78, 5) is 16.9. The number of nitriles is 1. The van der Waals surface area contributed by atoms with Crippen LogP contribution in [0.15, 0.2) is 59.1 Å². The number of carbonyl (C=O) groups excluding carboxylic acids is 1. The minimum absolute atomic E-state index is 0.0515. The summed E-state index contributed by atoms with van der Waals surface area (Å²) < 4.78 is 5.48. The Morgan fingerprint density at radius 2 is 1.97 bits per heavy atom. The molecule has 5 nitrogen and oxygen atoms in total. The zero-order chi connectivity index (χ0) is 20.4. The van der Waals surface area contributed by atoms with Crippen molar-refractivity contribution in [1.82, 2.24) is 4.90 Å². The largest absolute Gasteiger partial charge is 0.495 e. The highest BCUT2D eigenvalue weighted by molar-refractivity contribution is 8.03. The highest BCUT2D eigenvalue weighted by atomic mass is 32.2. The number of aryl methyl sites for hydroxylation is 1. The lowest BCUT2D eigenvalue weighted by Gasteiger charge is -2.42. The maximum absolute atomic E-state index is 13.0. The Bertz CT molecular complexity index is 994. The lowest BCUT2D eigenvalue weighted by Crippen LogP contribution is -2.47.